The number of hydrogen-bond donors (Lipinski definition) is 6. The summed E-state index contributed by atoms with van der Waals surface area (Å²) in [6.07, 6.45) is -10.3. The van der Waals surface area contributed by atoms with Crippen molar-refractivity contribution in [2.24, 2.45) is 16.7 Å². The van der Waals surface area contributed by atoms with Gasteiger partial charge in [0.05, 0.1) is 35.8 Å². The van der Waals surface area contributed by atoms with Crippen LogP contribution in [0.3, 0.4) is 0 Å². The first-order valence-corrected chi connectivity index (χ1v) is 18.7. The van der Waals surface area contributed by atoms with Gasteiger partial charge < -0.3 is 45.1 Å². The SMILES string of the molecule is CC1=C2[C@@H](O)C(=O)[C@]3(C)[C@H](O)C[C@H]4OC[C@@]4(O)[C@H]3[C@H](OC(=O)c3ccccc3)[C@](O)(C[C@@H]1OC(=O)[C@H](O)[C@@H](NC(=O)c1ccccc1)c1ccccc1)C2(C)C.[Ac].[Ac]. The first-order chi connectivity index (χ1) is 26.5. The van der Waals surface area contributed by atoms with Gasteiger partial charge >= 0.3 is 11.9 Å². The van der Waals surface area contributed by atoms with Crippen molar-refractivity contribution in [3.05, 3.63) is 119 Å². The Morgan fingerprint density at radius 2 is 1.40 bits per heavy atom. The summed E-state index contributed by atoms with van der Waals surface area (Å²) in [5.41, 5.74) is -6.83. The van der Waals surface area contributed by atoms with Crippen LogP contribution in [0.15, 0.2) is 102 Å². The summed E-state index contributed by atoms with van der Waals surface area (Å²) in [4.78, 5) is 56.0. The molecule has 2 radical (unpaired) electrons. The maximum absolute atomic E-state index is 14.7. The Morgan fingerprint density at radius 1 is 0.845 bits per heavy atom. The van der Waals surface area contributed by atoms with Crippen molar-refractivity contribution >= 4 is 23.6 Å². The molecule has 2 saturated carbocycles. The van der Waals surface area contributed by atoms with Crippen LogP contribution in [0.4, 0.5) is 0 Å². The third-order valence-corrected chi connectivity index (χ3v) is 12.9. The van der Waals surface area contributed by atoms with Crippen LogP contribution in [0.5, 0.6) is 0 Å². The standard InChI is InChI=1S/C43H47NO12.2Ac/c1-23-27(55-39(51)33(47)31(24-14-8-5-9-15-24)44-37(49)25-16-10-6-11-17-25)21-43(53)36(56-38(50)26-18-12-7-13-19-26)34-41(4,28(45)20-29-42(34,52)22-54-29)35(48)32(46)30(23)40(43,2)3;;/h5-19,27-29,31-34,36,45-47,52-53H,20-22H2,1-4H3,(H,44,49);;/t27-,28+,29+,31-,32+,33+,34-,36-,41+,42-,43+;;/m0../s1. The van der Waals surface area contributed by atoms with E-state index in [0.717, 1.165) is 0 Å². The van der Waals surface area contributed by atoms with Gasteiger partial charge in [-0.25, -0.2) is 9.59 Å². The van der Waals surface area contributed by atoms with Crippen LogP contribution >= 0.6 is 0 Å². The number of carbonyl (C=O) groups is 4. The molecule has 1 amide bonds. The Balaban J connectivity index is 0.00000320. The molecule has 11 atom stereocenters. The fraction of sp³-hybridized carbons (Fsp3) is 0.442. The van der Waals surface area contributed by atoms with Crippen LogP contribution in [0, 0.1) is 105 Å². The van der Waals surface area contributed by atoms with E-state index in [9.17, 15) is 44.7 Å². The average Bonchev–Trinajstić information content (AvgIpc) is 3.19. The van der Waals surface area contributed by atoms with Gasteiger partial charge in [0.15, 0.2) is 11.9 Å². The fourth-order valence-electron chi connectivity index (χ4n) is 9.54. The molecule has 3 aromatic carbocycles. The molecule has 58 heavy (non-hydrogen) atoms. The third-order valence-electron chi connectivity index (χ3n) is 12.9. The second-order valence-corrected chi connectivity index (χ2v) is 16.2. The van der Waals surface area contributed by atoms with E-state index >= 15 is 0 Å². The number of fused-ring (bicyclic) bond motifs is 5. The average molecular weight is 1220 g/mol. The summed E-state index contributed by atoms with van der Waals surface area (Å²) < 4.78 is 17.9. The Morgan fingerprint density at radius 3 is 1.95 bits per heavy atom. The van der Waals surface area contributed by atoms with Crippen molar-refractivity contribution in [3.63, 3.8) is 0 Å². The van der Waals surface area contributed by atoms with E-state index in [1.54, 1.807) is 92.7 Å². The molecule has 13 nitrogen and oxygen atoms in total. The number of aliphatic hydroxyl groups is 5. The number of amides is 1. The van der Waals surface area contributed by atoms with E-state index in [0.29, 0.717) is 5.56 Å². The third kappa shape index (κ3) is 7.78. The molecular weight excluding hydrogens is 1180 g/mol. The van der Waals surface area contributed by atoms with E-state index in [1.807, 2.05) is 0 Å². The molecule has 2 bridgehead atoms. The number of nitrogens with one attached hydrogen (secondary N) is 1. The normalized spacial score (nSPS) is 33.1. The second kappa shape index (κ2) is 17.8. The van der Waals surface area contributed by atoms with Gasteiger partial charge in [-0.2, -0.15) is 0 Å². The molecule has 15 heteroatoms. The molecule has 1 aliphatic heterocycles. The summed E-state index contributed by atoms with van der Waals surface area (Å²) in [6.45, 7) is 5.72. The first-order valence-electron chi connectivity index (χ1n) is 18.7. The molecule has 0 aromatic heterocycles. The zero-order valence-corrected chi connectivity index (χ0v) is 42.1. The van der Waals surface area contributed by atoms with Gasteiger partial charge in [0, 0.05) is 118 Å². The largest absolute Gasteiger partial charge is 0.456 e. The van der Waals surface area contributed by atoms with E-state index in [4.69, 9.17) is 14.2 Å². The zero-order valence-electron chi connectivity index (χ0n) is 32.6. The number of benzene rings is 3. The number of hydrogen-bond acceptors (Lipinski definition) is 12. The number of carbonyl (C=O) groups excluding carboxylic acids is 4. The predicted molar refractivity (Wildman–Crippen MR) is 199 cm³/mol. The minimum atomic E-state index is -2.30. The molecule has 1 saturated heterocycles. The first kappa shape index (κ1) is 47.2. The summed E-state index contributed by atoms with van der Waals surface area (Å²) >= 11 is 0. The molecule has 302 valence electrons. The maximum Gasteiger partial charge on any atom is 0.338 e. The number of Topliss-reactive ketones (excluding diaryl/α,β-unsaturated/α-hetero) is 1. The van der Waals surface area contributed by atoms with E-state index in [2.05, 4.69) is 5.32 Å². The summed E-state index contributed by atoms with van der Waals surface area (Å²) in [7, 11) is 0. The van der Waals surface area contributed by atoms with Gasteiger partial charge in [-0.05, 0) is 54.8 Å². The molecule has 6 N–H and O–H groups in total. The smallest absolute Gasteiger partial charge is 0.338 e. The van der Waals surface area contributed by atoms with Gasteiger partial charge in [-0.3, -0.25) is 9.59 Å². The van der Waals surface area contributed by atoms with Crippen LogP contribution < -0.4 is 5.32 Å². The van der Waals surface area contributed by atoms with Crippen molar-refractivity contribution < 1.29 is 147 Å². The Bertz CT molecular complexity index is 2050. The number of aliphatic hydroxyl groups excluding tert-OH is 3. The maximum atomic E-state index is 14.7. The molecular formula is C43H47Ac2NO12. The van der Waals surface area contributed by atoms with Crippen molar-refractivity contribution in [1.29, 1.82) is 0 Å². The van der Waals surface area contributed by atoms with E-state index < -0.39 is 101 Å². The van der Waals surface area contributed by atoms with Gasteiger partial charge in [0.1, 0.15) is 29.5 Å². The van der Waals surface area contributed by atoms with Crippen LogP contribution in [0.2, 0.25) is 0 Å². The molecule has 4 aliphatic rings. The molecule has 3 aromatic rings. The van der Waals surface area contributed by atoms with Crippen LogP contribution in [-0.2, 0) is 23.8 Å². The molecule has 3 aliphatic carbocycles. The molecule has 3 fully saturated rings. The Hall–Kier alpha value is -1.88. The number of rotatable bonds is 8. The quantitative estimate of drug-likeness (QED) is 0.142. The van der Waals surface area contributed by atoms with Crippen LogP contribution in [0.25, 0.3) is 0 Å². The molecule has 1 heterocycles. The van der Waals surface area contributed by atoms with Crippen LogP contribution in [0.1, 0.15) is 72.9 Å². The van der Waals surface area contributed by atoms with Gasteiger partial charge in [-0.1, -0.05) is 80.6 Å². The second-order valence-electron chi connectivity index (χ2n) is 16.2. The molecule has 7 rings (SSSR count). The van der Waals surface area contributed by atoms with Crippen molar-refractivity contribution in [3.8, 4) is 0 Å². The minimum Gasteiger partial charge on any atom is -0.456 e. The van der Waals surface area contributed by atoms with Gasteiger partial charge in [-0.15, -0.1) is 0 Å². The topological polar surface area (TPSA) is 209 Å². The fourth-order valence-corrected chi connectivity index (χ4v) is 9.54. The molecule has 0 spiro atoms. The Kier molecular flexibility index (Phi) is 14.5. The predicted octanol–water partition coefficient (Wildman–Crippen LogP) is 2.59. The number of esters is 2. The van der Waals surface area contributed by atoms with Crippen molar-refractivity contribution in [2.75, 3.05) is 6.61 Å². The van der Waals surface area contributed by atoms with Gasteiger partial charge in [0.25, 0.3) is 5.91 Å². The number of ether oxygens (including phenoxy) is 3. The van der Waals surface area contributed by atoms with Crippen molar-refractivity contribution in [2.45, 2.75) is 94.4 Å². The minimum absolute atomic E-state index is 0. The van der Waals surface area contributed by atoms with Crippen LogP contribution in [-0.4, -0.2) is 104 Å². The van der Waals surface area contributed by atoms with Gasteiger partial charge in [0.2, 0.25) is 0 Å². The monoisotopic (exact) mass is 1220 g/mol. The summed E-state index contributed by atoms with van der Waals surface area (Å²) in [5, 5.41) is 63.6. The molecule has 0 unspecified atom stereocenters. The van der Waals surface area contributed by atoms with E-state index in [-0.39, 0.29) is 123 Å². The number of ketones is 1. The zero-order chi connectivity index (χ0) is 40.4. The summed E-state index contributed by atoms with van der Waals surface area (Å²) in [5.74, 6) is -5.07. The Labute approximate surface area is 408 Å². The van der Waals surface area contributed by atoms with Crippen molar-refractivity contribution in [1.82, 2.24) is 5.32 Å². The summed E-state index contributed by atoms with van der Waals surface area (Å²) in [6, 6.07) is 23.2. The van der Waals surface area contributed by atoms with E-state index in [1.165, 1.54) is 26.0 Å².